The van der Waals surface area contributed by atoms with E-state index in [2.05, 4.69) is 13.8 Å². The molecule has 2 aliphatic carbocycles. The first-order valence-electron chi connectivity index (χ1n) is 7.15. The van der Waals surface area contributed by atoms with Crippen molar-refractivity contribution < 1.29 is 4.79 Å². The molecular formula is C16H22N2O. The number of hydrogen-bond donors (Lipinski definition) is 1. The Kier molecular flexibility index (Phi) is 2.90. The van der Waals surface area contributed by atoms with Gasteiger partial charge in [0.1, 0.15) is 0 Å². The lowest BCUT2D eigenvalue weighted by Crippen LogP contribution is -2.35. The third-order valence-electron chi connectivity index (χ3n) is 4.41. The normalized spacial score (nSPS) is 24.1. The van der Waals surface area contributed by atoms with E-state index in [1.165, 1.54) is 0 Å². The molecule has 0 aromatic heterocycles. The summed E-state index contributed by atoms with van der Waals surface area (Å²) in [5, 5.41) is 0. The van der Waals surface area contributed by atoms with Gasteiger partial charge in [0, 0.05) is 24.2 Å². The molecule has 3 rings (SSSR count). The third kappa shape index (κ3) is 2.39. The van der Waals surface area contributed by atoms with Crippen LogP contribution in [0.25, 0.3) is 0 Å². The van der Waals surface area contributed by atoms with Crippen LogP contribution >= 0.6 is 0 Å². The molecule has 1 aromatic rings. The molecule has 3 nitrogen and oxygen atoms in total. The Balaban J connectivity index is 1.82. The number of rotatable bonds is 4. The van der Waals surface area contributed by atoms with Crippen LogP contribution < -0.4 is 10.6 Å². The van der Waals surface area contributed by atoms with E-state index in [1.807, 2.05) is 29.2 Å². The highest BCUT2D eigenvalue weighted by molar-refractivity contribution is 5.98. The monoisotopic (exact) mass is 258 g/mol. The number of amides is 1. The number of nitrogens with zero attached hydrogens (tertiary/aromatic N) is 1. The van der Waals surface area contributed by atoms with Gasteiger partial charge < -0.3 is 10.6 Å². The van der Waals surface area contributed by atoms with Crippen molar-refractivity contribution >= 4 is 11.6 Å². The molecule has 102 valence electrons. The molecule has 2 N–H and O–H groups in total. The minimum Gasteiger partial charge on any atom is -0.326 e. The van der Waals surface area contributed by atoms with Crippen molar-refractivity contribution in [3.63, 3.8) is 0 Å². The SMILES string of the molecule is CC1(C)CC1C(=O)N(c1ccc(CN)cc1)C1CC1. The lowest BCUT2D eigenvalue weighted by atomic mass is 10.1. The number of hydrogen-bond acceptors (Lipinski definition) is 2. The van der Waals surface area contributed by atoms with Crippen LogP contribution in [0.3, 0.4) is 0 Å². The minimum absolute atomic E-state index is 0.196. The first kappa shape index (κ1) is 12.7. The van der Waals surface area contributed by atoms with E-state index in [9.17, 15) is 4.79 Å². The lowest BCUT2D eigenvalue weighted by Gasteiger charge is -2.23. The summed E-state index contributed by atoms with van der Waals surface area (Å²) in [7, 11) is 0. The van der Waals surface area contributed by atoms with Gasteiger partial charge in [0.05, 0.1) is 0 Å². The van der Waals surface area contributed by atoms with E-state index in [0.29, 0.717) is 18.5 Å². The van der Waals surface area contributed by atoms with Crippen LogP contribution in [0.4, 0.5) is 5.69 Å². The van der Waals surface area contributed by atoms with Gasteiger partial charge in [-0.05, 0) is 42.4 Å². The van der Waals surface area contributed by atoms with Crippen molar-refractivity contribution in [3.8, 4) is 0 Å². The Morgan fingerprint density at radius 2 is 1.89 bits per heavy atom. The van der Waals surface area contributed by atoms with Gasteiger partial charge in [0.2, 0.25) is 5.91 Å². The van der Waals surface area contributed by atoms with E-state index in [0.717, 1.165) is 30.5 Å². The second-order valence-corrected chi connectivity index (χ2v) is 6.56. The van der Waals surface area contributed by atoms with E-state index >= 15 is 0 Å². The van der Waals surface area contributed by atoms with Gasteiger partial charge in [-0.25, -0.2) is 0 Å². The Bertz CT molecular complexity index is 488. The average molecular weight is 258 g/mol. The fraction of sp³-hybridized carbons (Fsp3) is 0.562. The predicted molar refractivity (Wildman–Crippen MR) is 76.7 cm³/mol. The molecule has 0 heterocycles. The third-order valence-corrected chi connectivity index (χ3v) is 4.41. The number of carbonyl (C=O) groups excluding carboxylic acids is 1. The summed E-state index contributed by atoms with van der Waals surface area (Å²) in [5.41, 5.74) is 7.96. The van der Waals surface area contributed by atoms with Gasteiger partial charge in [-0.15, -0.1) is 0 Å². The topological polar surface area (TPSA) is 46.3 Å². The number of anilines is 1. The Hall–Kier alpha value is -1.35. The predicted octanol–water partition coefficient (Wildman–Crippen LogP) is 2.69. The Labute approximate surface area is 114 Å². The highest BCUT2D eigenvalue weighted by Crippen LogP contribution is 2.53. The van der Waals surface area contributed by atoms with Gasteiger partial charge in [-0.2, -0.15) is 0 Å². The molecular weight excluding hydrogens is 236 g/mol. The minimum atomic E-state index is 0.196. The van der Waals surface area contributed by atoms with Crippen LogP contribution in [0, 0.1) is 11.3 Å². The van der Waals surface area contributed by atoms with Crippen molar-refractivity contribution in [3.05, 3.63) is 29.8 Å². The molecule has 1 atom stereocenters. The molecule has 0 saturated heterocycles. The van der Waals surface area contributed by atoms with Crippen molar-refractivity contribution in [1.82, 2.24) is 0 Å². The van der Waals surface area contributed by atoms with Crippen LogP contribution in [0.2, 0.25) is 0 Å². The fourth-order valence-corrected chi connectivity index (χ4v) is 2.70. The van der Waals surface area contributed by atoms with Crippen LogP contribution in [0.15, 0.2) is 24.3 Å². The number of carbonyl (C=O) groups is 1. The average Bonchev–Trinajstić information content (AvgIpc) is 3.29. The summed E-state index contributed by atoms with van der Waals surface area (Å²) in [6, 6.07) is 8.54. The summed E-state index contributed by atoms with van der Waals surface area (Å²) in [5.74, 6) is 0.523. The molecule has 2 saturated carbocycles. The highest BCUT2D eigenvalue weighted by Gasteiger charge is 2.53. The van der Waals surface area contributed by atoms with Crippen molar-refractivity contribution in [2.45, 2.75) is 45.7 Å². The molecule has 19 heavy (non-hydrogen) atoms. The second kappa shape index (κ2) is 4.34. The lowest BCUT2D eigenvalue weighted by molar-refractivity contribution is -0.120. The molecule has 2 fully saturated rings. The van der Waals surface area contributed by atoms with Gasteiger partial charge in [0.25, 0.3) is 0 Å². The van der Waals surface area contributed by atoms with Crippen molar-refractivity contribution in [2.24, 2.45) is 17.1 Å². The molecule has 1 amide bonds. The second-order valence-electron chi connectivity index (χ2n) is 6.56. The zero-order valence-electron chi connectivity index (χ0n) is 11.7. The largest absolute Gasteiger partial charge is 0.326 e. The number of nitrogens with two attached hydrogens (primary N) is 1. The van der Waals surface area contributed by atoms with Gasteiger partial charge in [-0.3, -0.25) is 4.79 Å². The zero-order valence-corrected chi connectivity index (χ0v) is 11.7. The van der Waals surface area contributed by atoms with E-state index < -0.39 is 0 Å². The zero-order chi connectivity index (χ0) is 13.6. The summed E-state index contributed by atoms with van der Waals surface area (Å²) in [6.07, 6.45) is 3.30. The molecule has 0 spiro atoms. The van der Waals surface area contributed by atoms with Gasteiger partial charge in [-0.1, -0.05) is 26.0 Å². The summed E-state index contributed by atoms with van der Waals surface area (Å²) >= 11 is 0. The molecule has 2 aliphatic rings. The highest BCUT2D eigenvalue weighted by atomic mass is 16.2. The molecule has 0 bridgehead atoms. The molecule has 0 radical (unpaired) electrons. The standard InChI is InChI=1S/C16H22N2O/c1-16(2)9-14(16)15(19)18(13-7-8-13)12-5-3-11(10-17)4-6-12/h3-6,13-14H,7-10,17H2,1-2H3. The first-order chi connectivity index (χ1) is 9.03. The van der Waals surface area contributed by atoms with E-state index in [1.54, 1.807) is 0 Å². The smallest absolute Gasteiger partial charge is 0.230 e. The van der Waals surface area contributed by atoms with Crippen LogP contribution in [0.5, 0.6) is 0 Å². The van der Waals surface area contributed by atoms with Gasteiger partial charge in [0.15, 0.2) is 0 Å². The molecule has 3 heteroatoms. The maximum atomic E-state index is 12.7. The summed E-state index contributed by atoms with van der Waals surface area (Å²) < 4.78 is 0. The van der Waals surface area contributed by atoms with Crippen LogP contribution in [-0.2, 0) is 11.3 Å². The fourth-order valence-electron chi connectivity index (χ4n) is 2.70. The summed E-state index contributed by atoms with van der Waals surface area (Å²) in [4.78, 5) is 14.7. The molecule has 1 unspecified atom stereocenters. The van der Waals surface area contributed by atoms with Crippen LogP contribution in [-0.4, -0.2) is 11.9 Å². The first-order valence-corrected chi connectivity index (χ1v) is 7.15. The summed E-state index contributed by atoms with van der Waals surface area (Å²) in [6.45, 7) is 4.91. The maximum absolute atomic E-state index is 12.7. The quantitative estimate of drug-likeness (QED) is 0.902. The van der Waals surface area contributed by atoms with E-state index in [4.69, 9.17) is 5.73 Å². The van der Waals surface area contributed by atoms with Crippen LogP contribution in [0.1, 0.15) is 38.7 Å². The Morgan fingerprint density at radius 1 is 1.32 bits per heavy atom. The number of benzene rings is 1. The van der Waals surface area contributed by atoms with Gasteiger partial charge >= 0.3 is 0 Å². The maximum Gasteiger partial charge on any atom is 0.230 e. The van der Waals surface area contributed by atoms with Crippen molar-refractivity contribution in [2.75, 3.05) is 4.90 Å². The Morgan fingerprint density at radius 3 is 2.32 bits per heavy atom. The molecule has 0 aliphatic heterocycles. The molecule has 1 aromatic carbocycles. The van der Waals surface area contributed by atoms with E-state index in [-0.39, 0.29) is 11.3 Å². The van der Waals surface area contributed by atoms with Crippen molar-refractivity contribution in [1.29, 1.82) is 0 Å².